The van der Waals surface area contributed by atoms with Crippen molar-refractivity contribution >= 4 is 17.8 Å². The van der Waals surface area contributed by atoms with Crippen LogP contribution in [0.1, 0.15) is 56.7 Å². The summed E-state index contributed by atoms with van der Waals surface area (Å²) in [5.41, 5.74) is 5.59. The molecule has 4 aliphatic carbocycles. The number of nitrogens with zero attached hydrogens (tertiary/aromatic N) is 4. The Bertz CT molecular complexity index is 886. The highest BCUT2D eigenvalue weighted by Crippen LogP contribution is 2.78. The van der Waals surface area contributed by atoms with Crippen molar-refractivity contribution in [3.63, 3.8) is 0 Å². The molecule has 0 spiro atoms. The lowest BCUT2D eigenvalue weighted by Crippen LogP contribution is -2.72. The van der Waals surface area contributed by atoms with Crippen molar-refractivity contribution in [2.75, 3.05) is 26.2 Å². The summed E-state index contributed by atoms with van der Waals surface area (Å²) < 4.78 is 0. The highest BCUT2D eigenvalue weighted by Gasteiger charge is 2.71. The number of hydrazine groups is 1. The van der Waals surface area contributed by atoms with Gasteiger partial charge in [0.15, 0.2) is 0 Å². The molecule has 2 aliphatic heterocycles. The highest BCUT2D eigenvalue weighted by atomic mass is 16.2. The summed E-state index contributed by atoms with van der Waals surface area (Å²) in [4.78, 5) is 44.8. The van der Waals surface area contributed by atoms with Crippen LogP contribution in [-0.2, 0) is 9.59 Å². The summed E-state index contributed by atoms with van der Waals surface area (Å²) >= 11 is 0. The van der Waals surface area contributed by atoms with E-state index in [9.17, 15) is 14.4 Å². The molecule has 31 heavy (non-hydrogen) atoms. The van der Waals surface area contributed by atoms with Crippen molar-refractivity contribution in [2.24, 2.45) is 22.7 Å². The van der Waals surface area contributed by atoms with Crippen LogP contribution in [0.3, 0.4) is 0 Å². The Morgan fingerprint density at radius 2 is 1.84 bits per heavy atom. The number of amides is 4. The fourth-order valence-electron chi connectivity index (χ4n) is 6.46. The summed E-state index contributed by atoms with van der Waals surface area (Å²) in [6, 6.07) is 0.144. The quantitative estimate of drug-likeness (QED) is 0.599. The van der Waals surface area contributed by atoms with Crippen molar-refractivity contribution < 1.29 is 14.4 Å². The molecule has 1 aromatic heterocycles. The van der Waals surface area contributed by atoms with Gasteiger partial charge in [-0.25, -0.2) is 9.78 Å². The van der Waals surface area contributed by atoms with Gasteiger partial charge in [0.25, 0.3) is 0 Å². The van der Waals surface area contributed by atoms with Gasteiger partial charge in [0.2, 0.25) is 11.8 Å². The van der Waals surface area contributed by atoms with Gasteiger partial charge in [0.05, 0.1) is 0 Å². The normalized spacial score (nSPS) is 33.9. The van der Waals surface area contributed by atoms with Crippen molar-refractivity contribution in [3.05, 3.63) is 12.2 Å². The van der Waals surface area contributed by atoms with Crippen molar-refractivity contribution in [3.8, 4) is 0 Å². The number of aromatic amines is 1. The van der Waals surface area contributed by atoms with Gasteiger partial charge in [0, 0.05) is 44.4 Å². The summed E-state index contributed by atoms with van der Waals surface area (Å²) in [5, 5.41) is 6.83. The number of hydrogen-bond acceptors (Lipinski definition) is 5. The van der Waals surface area contributed by atoms with E-state index in [1.165, 1.54) is 6.33 Å². The predicted octanol–water partition coefficient (Wildman–Crippen LogP) is 0.764. The molecular formula is C21H29N7O3. The molecule has 2 saturated heterocycles. The third-order valence-corrected chi connectivity index (χ3v) is 8.29. The molecule has 6 aliphatic rings. The van der Waals surface area contributed by atoms with Crippen LogP contribution in [0.5, 0.6) is 0 Å². The average molecular weight is 428 g/mol. The Labute approximate surface area is 180 Å². The molecule has 1 atom stereocenters. The fourth-order valence-corrected chi connectivity index (χ4v) is 6.46. The molecular weight excluding hydrogens is 398 g/mol. The Kier molecular flexibility index (Phi) is 4.10. The van der Waals surface area contributed by atoms with Crippen molar-refractivity contribution in [2.45, 2.75) is 50.9 Å². The molecule has 0 radical (unpaired) electrons. The first-order chi connectivity index (χ1) is 15.0. The Balaban J connectivity index is 0.927. The smallest absolute Gasteiger partial charge is 0.320 e. The SMILES string of the molecule is O=C(CC12CC(C3CN(C(=O)N4CC[C@H](c5ncn[nH]5)C4)C3)(C1)C2)NNC(=O)C1CC1. The fraction of sp³-hybridized carbons (Fsp3) is 0.762. The van der Waals surface area contributed by atoms with Crippen LogP contribution >= 0.6 is 0 Å². The summed E-state index contributed by atoms with van der Waals surface area (Å²) in [7, 11) is 0. The molecule has 7 rings (SSSR count). The van der Waals surface area contributed by atoms with E-state index in [4.69, 9.17) is 0 Å². The molecule has 10 nitrogen and oxygen atoms in total. The largest absolute Gasteiger partial charge is 0.324 e. The molecule has 2 bridgehead atoms. The lowest BCUT2D eigenvalue weighted by molar-refractivity contribution is -0.255. The van der Waals surface area contributed by atoms with E-state index in [0.29, 0.717) is 24.3 Å². The molecule has 3 heterocycles. The van der Waals surface area contributed by atoms with Gasteiger partial charge in [-0.05, 0) is 55.3 Å². The van der Waals surface area contributed by atoms with Crippen LogP contribution in [0, 0.1) is 22.7 Å². The molecule has 10 heteroatoms. The monoisotopic (exact) mass is 427 g/mol. The van der Waals surface area contributed by atoms with E-state index in [0.717, 1.165) is 64.0 Å². The van der Waals surface area contributed by atoms with Crippen LogP contribution in [0.2, 0.25) is 0 Å². The lowest BCUT2D eigenvalue weighted by atomic mass is 9.30. The zero-order valence-electron chi connectivity index (χ0n) is 17.6. The average Bonchev–Trinajstić information content (AvgIpc) is 3.15. The zero-order valence-corrected chi connectivity index (χ0v) is 17.6. The van der Waals surface area contributed by atoms with Crippen LogP contribution in [0.15, 0.2) is 6.33 Å². The van der Waals surface area contributed by atoms with Crippen molar-refractivity contribution in [1.29, 1.82) is 0 Å². The minimum atomic E-state index is -0.0805. The van der Waals surface area contributed by atoms with E-state index >= 15 is 0 Å². The van der Waals surface area contributed by atoms with E-state index in [1.54, 1.807) is 0 Å². The molecule has 4 saturated carbocycles. The molecule has 166 valence electrons. The minimum Gasteiger partial charge on any atom is -0.324 e. The zero-order chi connectivity index (χ0) is 21.2. The van der Waals surface area contributed by atoms with Crippen LogP contribution in [0.25, 0.3) is 0 Å². The maximum absolute atomic E-state index is 12.8. The second-order valence-electron chi connectivity index (χ2n) is 10.6. The third kappa shape index (κ3) is 3.18. The molecule has 6 fully saturated rings. The van der Waals surface area contributed by atoms with Gasteiger partial charge < -0.3 is 9.80 Å². The molecule has 1 aromatic rings. The van der Waals surface area contributed by atoms with E-state index in [2.05, 4.69) is 26.0 Å². The van der Waals surface area contributed by atoms with Gasteiger partial charge >= 0.3 is 6.03 Å². The Morgan fingerprint density at radius 3 is 2.52 bits per heavy atom. The number of aromatic nitrogens is 3. The van der Waals surface area contributed by atoms with E-state index < -0.39 is 0 Å². The second kappa shape index (κ2) is 6.67. The number of carbonyl (C=O) groups is 3. The second-order valence-corrected chi connectivity index (χ2v) is 10.6. The lowest BCUT2D eigenvalue weighted by Gasteiger charge is -2.75. The number of H-pyrrole nitrogens is 1. The maximum Gasteiger partial charge on any atom is 0.320 e. The number of hydrogen-bond donors (Lipinski definition) is 3. The number of nitrogens with one attached hydrogen (secondary N) is 3. The highest BCUT2D eigenvalue weighted by molar-refractivity contribution is 5.85. The van der Waals surface area contributed by atoms with Crippen LogP contribution in [0.4, 0.5) is 4.79 Å². The first-order valence-corrected chi connectivity index (χ1v) is 11.4. The first kappa shape index (κ1) is 19.1. The molecule has 0 unspecified atom stereocenters. The van der Waals surface area contributed by atoms with E-state index in [-0.39, 0.29) is 35.1 Å². The van der Waals surface area contributed by atoms with E-state index in [1.807, 2.05) is 9.80 Å². The molecule has 3 N–H and O–H groups in total. The van der Waals surface area contributed by atoms with Crippen LogP contribution < -0.4 is 10.9 Å². The van der Waals surface area contributed by atoms with Gasteiger partial charge in [0.1, 0.15) is 12.2 Å². The van der Waals surface area contributed by atoms with Crippen LogP contribution in [-0.4, -0.2) is 69.0 Å². The number of carbonyl (C=O) groups excluding carboxylic acids is 3. The summed E-state index contributed by atoms with van der Waals surface area (Å²) in [6.45, 7) is 3.14. The van der Waals surface area contributed by atoms with Gasteiger partial charge in [-0.1, -0.05) is 0 Å². The predicted molar refractivity (Wildman–Crippen MR) is 108 cm³/mol. The van der Waals surface area contributed by atoms with Crippen molar-refractivity contribution in [1.82, 2.24) is 35.8 Å². The Hall–Kier alpha value is -2.65. The molecule has 0 aromatic carbocycles. The third-order valence-electron chi connectivity index (χ3n) is 8.29. The summed E-state index contributed by atoms with van der Waals surface area (Å²) in [5.74, 6) is 1.63. The topological polar surface area (TPSA) is 123 Å². The summed E-state index contributed by atoms with van der Waals surface area (Å²) in [6.07, 6.45) is 8.02. The number of likely N-dealkylation sites (tertiary alicyclic amines) is 2. The standard InChI is InChI=1S/C21H29N7O3/c29-16(24-26-18(30)13-1-2-13)5-20-9-21(10-20,11-20)15-7-28(8-15)19(31)27-4-3-14(6-27)17-22-12-23-25-17/h12-15H,1-11H2,(H,24,29)(H,26,30)(H,22,23,25)/t14-,20?,21?/m0/s1. The first-order valence-electron chi connectivity index (χ1n) is 11.4. The number of urea groups is 1. The number of rotatable bonds is 5. The maximum atomic E-state index is 12.8. The minimum absolute atomic E-state index is 0.0632. The van der Waals surface area contributed by atoms with Gasteiger partial charge in [-0.3, -0.25) is 25.5 Å². The Morgan fingerprint density at radius 1 is 1.06 bits per heavy atom. The molecule has 4 amide bonds. The van der Waals surface area contributed by atoms with Gasteiger partial charge in [-0.2, -0.15) is 5.10 Å². The van der Waals surface area contributed by atoms with Gasteiger partial charge in [-0.15, -0.1) is 0 Å².